The van der Waals surface area contributed by atoms with E-state index >= 15 is 0 Å². The van der Waals surface area contributed by atoms with Crippen LogP contribution in [0.3, 0.4) is 0 Å². The van der Waals surface area contributed by atoms with Gasteiger partial charge in [0.25, 0.3) is 17.7 Å². The van der Waals surface area contributed by atoms with Gasteiger partial charge in [-0.1, -0.05) is 42.5 Å². The Morgan fingerprint density at radius 3 is 1.89 bits per heavy atom. The summed E-state index contributed by atoms with van der Waals surface area (Å²) < 4.78 is 0. The molecule has 0 aromatic heterocycles. The highest BCUT2D eigenvalue weighted by Crippen LogP contribution is 2.24. The van der Waals surface area contributed by atoms with Crippen LogP contribution in [0.2, 0.25) is 0 Å². The zero-order valence-corrected chi connectivity index (χ0v) is 15.3. The molecule has 138 valence electrons. The van der Waals surface area contributed by atoms with E-state index in [0.29, 0.717) is 16.7 Å². The molecule has 1 aliphatic heterocycles. The maximum Gasteiger partial charge on any atom is 0.261 e. The van der Waals surface area contributed by atoms with Gasteiger partial charge in [-0.25, -0.2) is 0 Å². The lowest BCUT2D eigenvalue weighted by Gasteiger charge is -2.18. The summed E-state index contributed by atoms with van der Waals surface area (Å²) in [5.41, 5.74) is 3.00. The van der Waals surface area contributed by atoms with Gasteiger partial charge in [0.2, 0.25) is 0 Å². The van der Waals surface area contributed by atoms with E-state index in [2.05, 4.69) is 0 Å². The SMILES string of the molecule is CN(C(=O)c1ccc(CN2C(=O)c3ccccc3C2=O)cc1)c1ccccc1. The monoisotopic (exact) mass is 370 g/mol. The molecule has 0 atom stereocenters. The van der Waals surface area contributed by atoms with Crippen LogP contribution in [0.25, 0.3) is 0 Å². The standard InChI is InChI=1S/C23H18N2O3/c1-24(18-7-3-2-4-8-18)21(26)17-13-11-16(12-14-17)15-25-22(27)19-9-5-6-10-20(19)23(25)28/h2-14H,15H2,1H3. The molecule has 5 nitrogen and oxygen atoms in total. The Labute approximate surface area is 162 Å². The van der Waals surface area contributed by atoms with Crippen LogP contribution in [0.1, 0.15) is 36.6 Å². The number of anilines is 1. The highest BCUT2D eigenvalue weighted by molar-refractivity contribution is 6.21. The third-order valence-corrected chi connectivity index (χ3v) is 4.87. The maximum atomic E-state index is 12.7. The third-order valence-electron chi connectivity index (χ3n) is 4.87. The predicted octanol–water partition coefficient (Wildman–Crippen LogP) is 3.76. The van der Waals surface area contributed by atoms with E-state index in [-0.39, 0.29) is 24.3 Å². The fraction of sp³-hybridized carbons (Fsp3) is 0.0870. The average molecular weight is 370 g/mol. The second-order valence-corrected chi connectivity index (χ2v) is 6.64. The zero-order valence-electron chi connectivity index (χ0n) is 15.3. The molecule has 1 heterocycles. The fourth-order valence-electron chi connectivity index (χ4n) is 3.28. The van der Waals surface area contributed by atoms with Gasteiger partial charge in [0.15, 0.2) is 0 Å². The molecule has 0 radical (unpaired) electrons. The third kappa shape index (κ3) is 3.07. The fourth-order valence-corrected chi connectivity index (χ4v) is 3.28. The first-order valence-corrected chi connectivity index (χ1v) is 8.93. The van der Waals surface area contributed by atoms with Crippen molar-refractivity contribution < 1.29 is 14.4 Å². The number of amides is 3. The minimum absolute atomic E-state index is 0.126. The zero-order chi connectivity index (χ0) is 19.7. The first kappa shape index (κ1) is 17.7. The highest BCUT2D eigenvalue weighted by Gasteiger charge is 2.34. The lowest BCUT2D eigenvalue weighted by atomic mass is 10.1. The van der Waals surface area contributed by atoms with Crippen molar-refractivity contribution in [2.75, 3.05) is 11.9 Å². The van der Waals surface area contributed by atoms with Crippen molar-refractivity contribution in [2.24, 2.45) is 0 Å². The average Bonchev–Trinajstić information content (AvgIpc) is 2.99. The van der Waals surface area contributed by atoms with Gasteiger partial charge in [-0.2, -0.15) is 0 Å². The van der Waals surface area contributed by atoms with Crippen molar-refractivity contribution in [1.29, 1.82) is 0 Å². The number of carbonyl (C=O) groups excluding carboxylic acids is 3. The molecule has 0 bridgehead atoms. The van der Waals surface area contributed by atoms with Gasteiger partial charge in [-0.05, 0) is 42.0 Å². The van der Waals surface area contributed by atoms with Gasteiger partial charge in [0.1, 0.15) is 0 Å². The molecule has 0 saturated carbocycles. The molecule has 0 aliphatic carbocycles. The summed E-state index contributed by atoms with van der Waals surface area (Å²) in [5.74, 6) is -0.701. The molecule has 3 amide bonds. The van der Waals surface area contributed by atoms with Gasteiger partial charge >= 0.3 is 0 Å². The van der Waals surface area contributed by atoms with Gasteiger partial charge in [0, 0.05) is 18.3 Å². The first-order chi connectivity index (χ1) is 13.6. The summed E-state index contributed by atoms with van der Waals surface area (Å²) in [6.07, 6.45) is 0. The molecule has 3 aromatic rings. The second-order valence-electron chi connectivity index (χ2n) is 6.64. The predicted molar refractivity (Wildman–Crippen MR) is 106 cm³/mol. The molecular formula is C23H18N2O3. The van der Waals surface area contributed by atoms with Crippen molar-refractivity contribution in [2.45, 2.75) is 6.54 Å². The van der Waals surface area contributed by atoms with Gasteiger partial charge in [-0.15, -0.1) is 0 Å². The molecule has 3 aromatic carbocycles. The summed E-state index contributed by atoms with van der Waals surface area (Å²) in [6, 6.07) is 23.2. The molecule has 0 saturated heterocycles. The van der Waals surface area contributed by atoms with Crippen LogP contribution in [0, 0.1) is 0 Å². The number of rotatable bonds is 4. The largest absolute Gasteiger partial charge is 0.311 e. The maximum absolute atomic E-state index is 12.7. The van der Waals surface area contributed by atoms with Crippen molar-refractivity contribution in [1.82, 2.24) is 4.90 Å². The Bertz CT molecular complexity index is 1020. The van der Waals surface area contributed by atoms with Crippen LogP contribution in [-0.2, 0) is 6.54 Å². The number of imide groups is 1. The van der Waals surface area contributed by atoms with Gasteiger partial charge in [0.05, 0.1) is 17.7 Å². The summed E-state index contributed by atoms with van der Waals surface area (Å²) in [7, 11) is 1.73. The summed E-state index contributed by atoms with van der Waals surface area (Å²) in [5, 5.41) is 0. The minimum atomic E-state index is -0.287. The Hall–Kier alpha value is -3.73. The van der Waals surface area contributed by atoms with Gasteiger partial charge in [-0.3, -0.25) is 19.3 Å². The molecule has 28 heavy (non-hydrogen) atoms. The molecule has 0 fully saturated rings. The van der Waals surface area contributed by atoms with Crippen LogP contribution in [-0.4, -0.2) is 29.7 Å². The van der Waals surface area contributed by atoms with Crippen LogP contribution in [0.5, 0.6) is 0 Å². The van der Waals surface area contributed by atoms with E-state index in [0.717, 1.165) is 11.3 Å². The summed E-state index contributed by atoms with van der Waals surface area (Å²) >= 11 is 0. The lowest BCUT2D eigenvalue weighted by Crippen LogP contribution is -2.29. The van der Waals surface area contributed by atoms with Crippen LogP contribution >= 0.6 is 0 Å². The number of para-hydroxylation sites is 1. The molecule has 5 heteroatoms. The highest BCUT2D eigenvalue weighted by atomic mass is 16.2. The van der Waals surface area contributed by atoms with Gasteiger partial charge < -0.3 is 4.90 Å². The molecule has 0 N–H and O–H groups in total. The molecule has 4 rings (SSSR count). The Balaban J connectivity index is 1.49. The van der Waals surface area contributed by atoms with E-state index in [1.807, 2.05) is 30.3 Å². The number of hydrogen-bond acceptors (Lipinski definition) is 3. The van der Waals surface area contributed by atoms with E-state index in [1.165, 1.54) is 4.90 Å². The number of fused-ring (bicyclic) bond motifs is 1. The van der Waals surface area contributed by atoms with Crippen molar-refractivity contribution >= 4 is 23.4 Å². The van der Waals surface area contributed by atoms with Crippen molar-refractivity contribution in [3.8, 4) is 0 Å². The number of benzene rings is 3. The van der Waals surface area contributed by atoms with Crippen LogP contribution < -0.4 is 4.90 Å². The van der Waals surface area contributed by atoms with Crippen molar-refractivity contribution in [3.05, 3.63) is 101 Å². The number of nitrogens with zero attached hydrogens (tertiary/aromatic N) is 2. The lowest BCUT2D eigenvalue weighted by molar-refractivity contribution is 0.0642. The first-order valence-electron chi connectivity index (χ1n) is 8.93. The Morgan fingerprint density at radius 2 is 1.32 bits per heavy atom. The van der Waals surface area contributed by atoms with Crippen LogP contribution in [0.15, 0.2) is 78.9 Å². The summed E-state index contributed by atoms with van der Waals surface area (Å²) in [4.78, 5) is 40.4. The van der Waals surface area contributed by atoms with E-state index in [9.17, 15) is 14.4 Å². The van der Waals surface area contributed by atoms with E-state index in [1.54, 1.807) is 60.5 Å². The Morgan fingerprint density at radius 1 is 0.786 bits per heavy atom. The van der Waals surface area contributed by atoms with E-state index in [4.69, 9.17) is 0 Å². The summed E-state index contributed by atoms with van der Waals surface area (Å²) in [6.45, 7) is 0.176. The molecule has 1 aliphatic rings. The quantitative estimate of drug-likeness (QED) is 0.657. The molecule has 0 unspecified atom stereocenters. The smallest absolute Gasteiger partial charge is 0.261 e. The minimum Gasteiger partial charge on any atom is -0.311 e. The molecular weight excluding hydrogens is 352 g/mol. The Kier molecular flexibility index (Phi) is 4.49. The number of carbonyl (C=O) groups is 3. The normalized spacial score (nSPS) is 12.8. The second kappa shape index (κ2) is 7.12. The van der Waals surface area contributed by atoms with E-state index < -0.39 is 0 Å². The number of hydrogen-bond donors (Lipinski definition) is 0. The molecule has 0 spiro atoms. The van der Waals surface area contributed by atoms with Crippen molar-refractivity contribution in [3.63, 3.8) is 0 Å². The topological polar surface area (TPSA) is 57.7 Å². The van der Waals surface area contributed by atoms with Crippen LogP contribution in [0.4, 0.5) is 5.69 Å².